The summed E-state index contributed by atoms with van der Waals surface area (Å²) in [6.45, 7) is 6.27. The highest BCUT2D eigenvalue weighted by molar-refractivity contribution is 5.52. The minimum atomic E-state index is 0.364. The molecule has 0 amide bonds. The number of rotatable bonds is 2. The molecule has 19 heavy (non-hydrogen) atoms. The molecule has 5 nitrogen and oxygen atoms in total. The van der Waals surface area contributed by atoms with E-state index in [1.54, 1.807) is 0 Å². The smallest absolute Gasteiger partial charge is 0.156 e. The Hall–Kier alpha value is -1.20. The van der Waals surface area contributed by atoms with Gasteiger partial charge >= 0.3 is 0 Å². The van der Waals surface area contributed by atoms with Crippen molar-refractivity contribution in [3.05, 3.63) is 16.8 Å². The zero-order valence-electron chi connectivity index (χ0n) is 11.7. The third kappa shape index (κ3) is 2.11. The molecule has 1 saturated carbocycles. The molecule has 2 atom stereocenters. The molecule has 1 saturated heterocycles. The van der Waals surface area contributed by atoms with Crippen LogP contribution in [-0.4, -0.2) is 35.5 Å². The standard InChI is InChI=1S/C14H22N4O/c1-9-10(2)16-17-14(11(9)8-15)18-6-7-19-13-5-3-4-12(13)18/h12-13H,3-8,15H2,1-2H3. The van der Waals surface area contributed by atoms with Gasteiger partial charge in [0.05, 0.1) is 24.4 Å². The number of hydrogen-bond acceptors (Lipinski definition) is 5. The van der Waals surface area contributed by atoms with E-state index in [0.29, 0.717) is 18.7 Å². The summed E-state index contributed by atoms with van der Waals surface area (Å²) in [4.78, 5) is 2.38. The maximum Gasteiger partial charge on any atom is 0.156 e. The second-order valence-corrected chi connectivity index (χ2v) is 5.52. The van der Waals surface area contributed by atoms with Crippen LogP contribution in [0.2, 0.25) is 0 Å². The maximum absolute atomic E-state index is 5.94. The van der Waals surface area contributed by atoms with Gasteiger partial charge < -0.3 is 15.4 Å². The first-order chi connectivity index (χ1) is 9.22. The molecule has 104 valence electrons. The molecule has 3 rings (SSSR count). The molecule has 2 aliphatic rings. The molecule has 0 aromatic carbocycles. The zero-order chi connectivity index (χ0) is 13.4. The minimum absolute atomic E-state index is 0.364. The first-order valence-corrected chi connectivity index (χ1v) is 7.13. The highest BCUT2D eigenvalue weighted by Gasteiger charge is 2.37. The first-order valence-electron chi connectivity index (χ1n) is 7.13. The average Bonchev–Trinajstić information content (AvgIpc) is 2.90. The van der Waals surface area contributed by atoms with E-state index in [-0.39, 0.29) is 0 Å². The molecule has 5 heteroatoms. The highest BCUT2D eigenvalue weighted by Crippen LogP contribution is 2.34. The summed E-state index contributed by atoms with van der Waals surface area (Å²) in [5.41, 5.74) is 9.22. The number of nitrogens with two attached hydrogens (primary N) is 1. The fraction of sp³-hybridized carbons (Fsp3) is 0.714. The quantitative estimate of drug-likeness (QED) is 0.870. The monoisotopic (exact) mass is 262 g/mol. The lowest BCUT2D eigenvalue weighted by Crippen LogP contribution is -2.49. The molecule has 1 aliphatic carbocycles. The summed E-state index contributed by atoms with van der Waals surface area (Å²) in [5, 5.41) is 8.72. The van der Waals surface area contributed by atoms with E-state index in [1.165, 1.54) is 18.4 Å². The molecule has 2 N–H and O–H groups in total. The van der Waals surface area contributed by atoms with E-state index in [2.05, 4.69) is 22.0 Å². The lowest BCUT2D eigenvalue weighted by atomic mass is 10.1. The summed E-state index contributed by atoms with van der Waals surface area (Å²) in [5.74, 6) is 0.978. The van der Waals surface area contributed by atoms with Crippen LogP contribution in [0.4, 0.5) is 5.82 Å². The Morgan fingerprint density at radius 1 is 1.32 bits per heavy atom. The number of fused-ring (bicyclic) bond motifs is 1. The molecule has 0 radical (unpaired) electrons. The fourth-order valence-electron chi connectivity index (χ4n) is 3.31. The Labute approximate surface area is 114 Å². The molecule has 2 unspecified atom stereocenters. The van der Waals surface area contributed by atoms with Crippen molar-refractivity contribution < 1.29 is 4.74 Å². The van der Waals surface area contributed by atoms with Crippen LogP contribution in [0.25, 0.3) is 0 Å². The van der Waals surface area contributed by atoms with Crippen molar-refractivity contribution in [2.45, 2.75) is 51.8 Å². The lowest BCUT2D eigenvalue weighted by molar-refractivity contribution is 0.0252. The van der Waals surface area contributed by atoms with Gasteiger partial charge in [-0.05, 0) is 38.7 Å². The molecule has 0 bridgehead atoms. The van der Waals surface area contributed by atoms with Gasteiger partial charge in [0.2, 0.25) is 0 Å². The minimum Gasteiger partial charge on any atom is -0.374 e. The number of hydrogen-bond donors (Lipinski definition) is 1. The molecule has 1 aliphatic heterocycles. The van der Waals surface area contributed by atoms with Gasteiger partial charge in [0, 0.05) is 18.7 Å². The third-order valence-corrected chi connectivity index (χ3v) is 4.52. The third-order valence-electron chi connectivity index (χ3n) is 4.52. The lowest BCUT2D eigenvalue weighted by Gasteiger charge is -2.39. The second-order valence-electron chi connectivity index (χ2n) is 5.52. The van der Waals surface area contributed by atoms with Gasteiger partial charge in [-0.3, -0.25) is 0 Å². The Kier molecular flexibility index (Phi) is 3.41. The topological polar surface area (TPSA) is 64.3 Å². The summed E-state index contributed by atoms with van der Waals surface area (Å²) in [6, 6.07) is 0.454. The van der Waals surface area contributed by atoms with Crippen LogP contribution < -0.4 is 10.6 Å². The zero-order valence-corrected chi connectivity index (χ0v) is 11.7. The van der Waals surface area contributed by atoms with Crippen LogP contribution >= 0.6 is 0 Å². The van der Waals surface area contributed by atoms with Crippen LogP contribution in [0.5, 0.6) is 0 Å². The van der Waals surface area contributed by atoms with Crippen LogP contribution in [0.15, 0.2) is 0 Å². The van der Waals surface area contributed by atoms with Gasteiger partial charge in [-0.1, -0.05) is 0 Å². The van der Waals surface area contributed by atoms with E-state index < -0.39 is 0 Å². The van der Waals surface area contributed by atoms with Crippen molar-refractivity contribution in [2.75, 3.05) is 18.1 Å². The molecule has 1 aromatic rings. The Bertz CT molecular complexity index is 477. The van der Waals surface area contributed by atoms with Gasteiger partial charge in [-0.15, -0.1) is 5.10 Å². The van der Waals surface area contributed by atoms with Gasteiger partial charge in [0.15, 0.2) is 5.82 Å². The first kappa shape index (κ1) is 12.8. The van der Waals surface area contributed by atoms with Crippen molar-refractivity contribution in [1.82, 2.24) is 10.2 Å². The number of aryl methyl sites for hydroxylation is 1. The number of morpholine rings is 1. The van der Waals surface area contributed by atoms with Crippen LogP contribution in [-0.2, 0) is 11.3 Å². The van der Waals surface area contributed by atoms with Gasteiger partial charge in [-0.2, -0.15) is 5.10 Å². The van der Waals surface area contributed by atoms with Crippen LogP contribution in [0, 0.1) is 13.8 Å². The number of aromatic nitrogens is 2. The number of ether oxygens (including phenoxy) is 1. The predicted molar refractivity (Wildman–Crippen MR) is 74.1 cm³/mol. The SMILES string of the molecule is Cc1nnc(N2CCOC3CCCC32)c(CN)c1C. The normalized spacial score (nSPS) is 26.6. The van der Waals surface area contributed by atoms with E-state index in [1.807, 2.05) is 6.92 Å². The van der Waals surface area contributed by atoms with Gasteiger partial charge in [0.1, 0.15) is 0 Å². The van der Waals surface area contributed by atoms with Crippen molar-refractivity contribution in [3.63, 3.8) is 0 Å². The van der Waals surface area contributed by atoms with E-state index in [9.17, 15) is 0 Å². The summed E-state index contributed by atoms with van der Waals surface area (Å²) in [7, 11) is 0. The molecule has 2 fully saturated rings. The summed E-state index contributed by atoms with van der Waals surface area (Å²) in [6.07, 6.45) is 3.95. The Morgan fingerprint density at radius 2 is 2.16 bits per heavy atom. The van der Waals surface area contributed by atoms with Crippen molar-refractivity contribution in [1.29, 1.82) is 0 Å². The highest BCUT2D eigenvalue weighted by atomic mass is 16.5. The van der Waals surface area contributed by atoms with Gasteiger partial charge in [-0.25, -0.2) is 0 Å². The Balaban J connectivity index is 1.99. The number of anilines is 1. The molecule has 2 heterocycles. The fourth-order valence-corrected chi connectivity index (χ4v) is 3.31. The maximum atomic E-state index is 5.94. The van der Waals surface area contributed by atoms with Crippen LogP contribution in [0.3, 0.4) is 0 Å². The molecular weight excluding hydrogens is 240 g/mol. The summed E-state index contributed by atoms with van der Waals surface area (Å²) >= 11 is 0. The van der Waals surface area contributed by atoms with E-state index in [4.69, 9.17) is 10.5 Å². The molecule has 1 aromatic heterocycles. The Morgan fingerprint density at radius 3 is 2.95 bits per heavy atom. The van der Waals surface area contributed by atoms with E-state index in [0.717, 1.165) is 36.6 Å². The van der Waals surface area contributed by atoms with Crippen LogP contribution in [0.1, 0.15) is 36.1 Å². The average molecular weight is 262 g/mol. The van der Waals surface area contributed by atoms with E-state index >= 15 is 0 Å². The van der Waals surface area contributed by atoms with Gasteiger partial charge in [0.25, 0.3) is 0 Å². The number of nitrogens with zero attached hydrogens (tertiary/aromatic N) is 3. The largest absolute Gasteiger partial charge is 0.374 e. The second kappa shape index (κ2) is 5.06. The van der Waals surface area contributed by atoms with Crippen molar-refractivity contribution in [3.8, 4) is 0 Å². The summed E-state index contributed by atoms with van der Waals surface area (Å²) < 4.78 is 5.86. The molecular formula is C14H22N4O. The molecule has 0 spiro atoms. The van der Waals surface area contributed by atoms with Crippen molar-refractivity contribution in [2.24, 2.45) is 5.73 Å². The predicted octanol–water partition coefficient (Wildman–Crippen LogP) is 1.31. The van der Waals surface area contributed by atoms with Crippen molar-refractivity contribution >= 4 is 5.82 Å².